The van der Waals surface area contributed by atoms with Gasteiger partial charge in [0, 0.05) is 16.9 Å². The van der Waals surface area contributed by atoms with Gasteiger partial charge in [-0.25, -0.2) is 0 Å². The molecule has 1 aliphatic rings. The van der Waals surface area contributed by atoms with Crippen molar-refractivity contribution in [3.8, 4) is 33.4 Å². The van der Waals surface area contributed by atoms with Crippen LogP contribution in [0.1, 0.15) is 48.6 Å². The first-order valence-corrected chi connectivity index (χ1v) is 21.8. The lowest BCUT2D eigenvalue weighted by Gasteiger charge is -2.34. The van der Waals surface area contributed by atoms with Crippen molar-refractivity contribution >= 4 is 38.6 Å². The predicted octanol–water partition coefficient (Wildman–Crippen LogP) is 16.5. The molecule has 296 valence electrons. The molecule has 0 fully saturated rings. The third-order valence-corrected chi connectivity index (χ3v) is 13.1. The third-order valence-electron chi connectivity index (χ3n) is 13.1. The summed E-state index contributed by atoms with van der Waals surface area (Å²) < 4.78 is 0. The Morgan fingerprint density at radius 1 is 0.371 bits per heavy atom. The van der Waals surface area contributed by atoms with Gasteiger partial charge in [0.05, 0.1) is 11.1 Å². The zero-order valence-corrected chi connectivity index (χ0v) is 35.4. The summed E-state index contributed by atoms with van der Waals surface area (Å²) in [6.07, 6.45) is 0. The highest BCUT2D eigenvalue weighted by Gasteiger charge is 2.46. The van der Waals surface area contributed by atoms with E-state index in [0.29, 0.717) is 0 Å². The van der Waals surface area contributed by atoms with E-state index in [1.54, 1.807) is 0 Å². The summed E-state index contributed by atoms with van der Waals surface area (Å²) in [5, 5.41) is 4.90. The minimum atomic E-state index is -0.473. The molecule has 0 saturated heterocycles. The van der Waals surface area contributed by atoms with E-state index in [0.717, 1.165) is 17.1 Å². The molecule has 1 nitrogen and oxygen atoms in total. The third kappa shape index (κ3) is 6.07. The molecule has 10 aromatic rings. The summed E-state index contributed by atoms with van der Waals surface area (Å²) in [4.78, 5) is 2.49. The molecule has 62 heavy (non-hydrogen) atoms. The minimum Gasteiger partial charge on any atom is -0.310 e. The van der Waals surface area contributed by atoms with Crippen LogP contribution in [-0.4, -0.2) is 0 Å². The predicted molar refractivity (Wildman–Crippen MR) is 263 cm³/mol. The van der Waals surface area contributed by atoms with Crippen molar-refractivity contribution in [2.75, 3.05) is 4.90 Å². The lowest BCUT2D eigenvalue weighted by molar-refractivity contribution is 0.590. The number of rotatable bonds is 7. The van der Waals surface area contributed by atoms with Crippen molar-refractivity contribution in [1.29, 1.82) is 0 Å². The summed E-state index contributed by atoms with van der Waals surface area (Å²) in [5.74, 6) is 0. The second kappa shape index (κ2) is 14.9. The molecule has 0 amide bonds. The lowest BCUT2D eigenvalue weighted by atomic mass is 9.68. The second-order valence-electron chi connectivity index (χ2n) is 17.7. The molecule has 0 radical (unpaired) electrons. The van der Waals surface area contributed by atoms with Crippen LogP contribution in [0, 0.1) is 0 Å². The van der Waals surface area contributed by atoms with E-state index in [2.05, 4.69) is 256 Å². The summed E-state index contributed by atoms with van der Waals surface area (Å²) in [6, 6.07) is 85.5. The fourth-order valence-electron chi connectivity index (χ4n) is 10.1. The van der Waals surface area contributed by atoms with Crippen LogP contribution in [0.3, 0.4) is 0 Å². The number of hydrogen-bond acceptors (Lipinski definition) is 1. The van der Waals surface area contributed by atoms with E-state index in [9.17, 15) is 0 Å². The van der Waals surface area contributed by atoms with Crippen molar-refractivity contribution in [3.63, 3.8) is 0 Å². The van der Waals surface area contributed by atoms with Gasteiger partial charge in [0.15, 0.2) is 0 Å². The van der Waals surface area contributed by atoms with Crippen LogP contribution >= 0.6 is 0 Å². The molecule has 0 aromatic heterocycles. The molecular weight excluding hydrogens is 747 g/mol. The number of nitrogens with zero attached hydrogens (tertiary/aromatic N) is 1. The zero-order valence-electron chi connectivity index (χ0n) is 35.4. The molecule has 0 N–H and O–H groups in total. The fourth-order valence-corrected chi connectivity index (χ4v) is 10.1. The molecule has 0 spiro atoms. The van der Waals surface area contributed by atoms with Gasteiger partial charge >= 0.3 is 0 Å². The maximum atomic E-state index is 2.49. The van der Waals surface area contributed by atoms with E-state index in [1.807, 2.05) is 0 Å². The largest absolute Gasteiger partial charge is 0.310 e. The quantitative estimate of drug-likeness (QED) is 0.155. The van der Waals surface area contributed by atoms with E-state index in [1.165, 1.54) is 82.7 Å². The summed E-state index contributed by atoms with van der Waals surface area (Å²) >= 11 is 0. The first-order chi connectivity index (χ1) is 30.4. The standard InChI is InChI=1S/C61H47N/c1-60(2,3)46-34-29-42(30-35-46)43-31-36-49(37-32-43)62(58-40-33-45-18-11-13-25-52(45)59(58)54-27-16-19-44-17-10-12-24-51(44)54)50-38-39-57-55(41-50)53-26-14-15-28-56(53)61(57,47-20-6-4-7-21-47)48-22-8-5-9-23-48/h4-41H,1-3H3. The Kier molecular flexibility index (Phi) is 9.02. The van der Waals surface area contributed by atoms with Crippen molar-refractivity contribution < 1.29 is 0 Å². The monoisotopic (exact) mass is 793 g/mol. The highest BCUT2D eigenvalue weighted by molar-refractivity contribution is 6.11. The molecule has 0 aliphatic heterocycles. The van der Waals surface area contributed by atoms with Crippen LogP contribution in [0.2, 0.25) is 0 Å². The second-order valence-corrected chi connectivity index (χ2v) is 17.7. The van der Waals surface area contributed by atoms with Gasteiger partial charge < -0.3 is 4.90 Å². The van der Waals surface area contributed by atoms with E-state index < -0.39 is 5.41 Å². The van der Waals surface area contributed by atoms with Crippen LogP contribution in [0.4, 0.5) is 17.1 Å². The fraction of sp³-hybridized carbons (Fsp3) is 0.0820. The molecule has 0 bridgehead atoms. The summed E-state index contributed by atoms with van der Waals surface area (Å²) in [7, 11) is 0. The van der Waals surface area contributed by atoms with Crippen LogP contribution < -0.4 is 4.90 Å². The first kappa shape index (κ1) is 37.5. The Morgan fingerprint density at radius 3 is 1.56 bits per heavy atom. The smallest absolute Gasteiger partial charge is 0.0713 e. The van der Waals surface area contributed by atoms with Gasteiger partial charge in [0.25, 0.3) is 0 Å². The van der Waals surface area contributed by atoms with Gasteiger partial charge in [-0.1, -0.05) is 221 Å². The molecule has 1 aliphatic carbocycles. The Morgan fingerprint density at radius 2 is 0.887 bits per heavy atom. The first-order valence-electron chi connectivity index (χ1n) is 21.8. The number of fused-ring (bicyclic) bond motifs is 5. The number of benzene rings is 10. The normalized spacial score (nSPS) is 12.9. The topological polar surface area (TPSA) is 3.24 Å². The van der Waals surface area contributed by atoms with Gasteiger partial charge in [-0.15, -0.1) is 0 Å². The Labute approximate surface area is 365 Å². The SMILES string of the molecule is CC(C)(C)c1ccc(-c2ccc(N(c3ccc4c(c3)-c3ccccc3C4(c3ccccc3)c3ccccc3)c3ccc4ccccc4c3-c3cccc4ccccc34)cc2)cc1. The molecule has 0 unspecified atom stereocenters. The molecule has 11 rings (SSSR count). The Bertz CT molecular complexity index is 3200. The van der Waals surface area contributed by atoms with E-state index in [4.69, 9.17) is 0 Å². The minimum absolute atomic E-state index is 0.1000. The van der Waals surface area contributed by atoms with Crippen molar-refractivity contribution in [1.82, 2.24) is 0 Å². The van der Waals surface area contributed by atoms with Gasteiger partial charge in [-0.2, -0.15) is 0 Å². The summed E-state index contributed by atoms with van der Waals surface area (Å²) in [5.41, 5.74) is 16.8. The lowest BCUT2D eigenvalue weighted by Crippen LogP contribution is -2.28. The molecule has 1 heteroatoms. The van der Waals surface area contributed by atoms with Crippen LogP contribution in [0.5, 0.6) is 0 Å². The molecule has 10 aromatic carbocycles. The zero-order chi connectivity index (χ0) is 41.8. The average molecular weight is 794 g/mol. The van der Waals surface area contributed by atoms with Crippen molar-refractivity contribution in [3.05, 3.63) is 258 Å². The number of hydrogen-bond donors (Lipinski definition) is 0. The van der Waals surface area contributed by atoms with Crippen LogP contribution in [0.25, 0.3) is 54.9 Å². The van der Waals surface area contributed by atoms with E-state index >= 15 is 0 Å². The molecular formula is C61H47N. The highest BCUT2D eigenvalue weighted by Crippen LogP contribution is 2.57. The molecule has 0 saturated carbocycles. The molecule has 0 heterocycles. The highest BCUT2D eigenvalue weighted by atomic mass is 15.1. The maximum Gasteiger partial charge on any atom is 0.0713 e. The van der Waals surface area contributed by atoms with Gasteiger partial charge in [0.1, 0.15) is 0 Å². The van der Waals surface area contributed by atoms with Gasteiger partial charge in [-0.05, 0) is 113 Å². The Balaban J connectivity index is 1.17. The van der Waals surface area contributed by atoms with E-state index in [-0.39, 0.29) is 5.41 Å². The van der Waals surface area contributed by atoms with Gasteiger partial charge in [-0.3, -0.25) is 0 Å². The maximum absolute atomic E-state index is 2.49. The van der Waals surface area contributed by atoms with Crippen molar-refractivity contribution in [2.45, 2.75) is 31.6 Å². The van der Waals surface area contributed by atoms with Gasteiger partial charge in [0.2, 0.25) is 0 Å². The van der Waals surface area contributed by atoms with Crippen LogP contribution in [-0.2, 0) is 10.8 Å². The molecule has 0 atom stereocenters. The number of anilines is 3. The summed E-state index contributed by atoms with van der Waals surface area (Å²) in [6.45, 7) is 6.81. The average Bonchev–Trinajstić information content (AvgIpc) is 3.62. The van der Waals surface area contributed by atoms with Crippen LogP contribution in [0.15, 0.2) is 231 Å². The Hall–Kier alpha value is -7.48. The van der Waals surface area contributed by atoms with Crippen molar-refractivity contribution in [2.24, 2.45) is 0 Å².